The van der Waals surface area contributed by atoms with Crippen molar-refractivity contribution in [1.82, 2.24) is 0 Å². The standard InChI is InChI=1S/C78H118O8/c1-13-15-17-19-21-23-25-27-28-29-30-31-32-34-36-38-40-42-44-56-72(80)86-70-62-74(9,10)78(84,76(12,82)64-70)60-58-68(6)54-48-52-66(4)50-46-45-49-65(3)51-47-53-67(5)57-59-77(83)73(7,8)61-69(63-75(77,11)81)85-71(79)55-43-41-39-37-35-33-26-24-22-20-18-16-14-2/h15,17,21,23-24,26-28,30-31,34,36,40,42,45-54,57-60,69-70,81-84H,13-14,16,18-20,22,25,29,32-33,35,37-39,41,43-44,55-56,61-64H2,1-12H3/b17-15-,23-21-,26-24-,28-27-,31-30-,36-34-,42-40-,46-45+,51-47+,52-48+,59-57+,60-58+,65-49+,66-50+,67-53+,68-54+/t69-,70-,75+,76+,77+,78+/m0/s1. The lowest BCUT2D eigenvalue weighted by Crippen LogP contribution is -2.65. The number of ether oxygens (including phenoxy) is 2. The molecule has 8 heteroatoms. The third kappa shape index (κ3) is 30.0. The van der Waals surface area contributed by atoms with Crippen LogP contribution in [0.5, 0.6) is 0 Å². The first kappa shape index (κ1) is 76.7. The molecule has 0 bridgehead atoms. The maximum Gasteiger partial charge on any atom is 0.306 e. The van der Waals surface area contributed by atoms with Crippen molar-refractivity contribution in [3.05, 3.63) is 192 Å². The third-order valence-corrected chi connectivity index (χ3v) is 16.7. The van der Waals surface area contributed by atoms with E-state index in [0.29, 0.717) is 25.7 Å². The summed E-state index contributed by atoms with van der Waals surface area (Å²) < 4.78 is 11.8. The second-order valence-corrected chi connectivity index (χ2v) is 25.9. The average Bonchev–Trinajstić information content (AvgIpc) is 1.30. The molecule has 8 nitrogen and oxygen atoms in total. The van der Waals surface area contributed by atoms with Gasteiger partial charge in [0, 0.05) is 36.5 Å². The molecule has 0 aliphatic heterocycles. The first-order valence-electron chi connectivity index (χ1n) is 32.8. The monoisotopic (exact) mass is 1180 g/mol. The van der Waals surface area contributed by atoms with Gasteiger partial charge in [0.1, 0.15) is 23.4 Å². The van der Waals surface area contributed by atoms with E-state index < -0.39 is 45.4 Å². The van der Waals surface area contributed by atoms with Crippen molar-refractivity contribution in [1.29, 1.82) is 0 Å². The lowest BCUT2D eigenvalue weighted by Gasteiger charge is -2.55. The SMILES string of the molecule is CC/C=C\C/C=C\C/C=C\C/C=C\C/C=C\C/C=C\CCC(=O)O[C@H]1CC(C)(C)[C@](O)(/C=C/C(C)=C/C=C/C(C)=C/C=C/C=C(C)/C=C/C=C(C)/C=C/[C@@]2(O)C(C)(C)C[C@H](OC(=O)CCCCCCC/C=C\CCCCCC)C[C@@]2(C)O)[C@](C)(O)C1. The Kier molecular flexibility index (Phi) is 37.2. The zero-order chi connectivity index (χ0) is 63.8. The summed E-state index contributed by atoms with van der Waals surface area (Å²) in [7, 11) is 0. The van der Waals surface area contributed by atoms with Crippen LogP contribution in [0.2, 0.25) is 0 Å². The fourth-order valence-corrected chi connectivity index (χ4v) is 11.4. The Morgan fingerprint density at radius 1 is 0.395 bits per heavy atom. The number of esters is 2. The molecule has 0 saturated heterocycles. The van der Waals surface area contributed by atoms with Crippen LogP contribution in [0.1, 0.15) is 237 Å². The molecule has 0 radical (unpaired) electrons. The van der Waals surface area contributed by atoms with Crippen LogP contribution in [0.4, 0.5) is 0 Å². The number of hydrogen-bond acceptors (Lipinski definition) is 8. The fraction of sp³-hybridized carbons (Fsp3) is 0.564. The molecule has 0 aromatic rings. The Labute approximate surface area is 524 Å². The van der Waals surface area contributed by atoms with Crippen LogP contribution in [0.15, 0.2) is 192 Å². The van der Waals surface area contributed by atoms with Crippen molar-refractivity contribution < 1.29 is 39.5 Å². The van der Waals surface area contributed by atoms with Crippen LogP contribution in [0.3, 0.4) is 0 Å². The Hall–Kier alpha value is -5.38. The quantitative estimate of drug-likeness (QED) is 0.0207. The Bertz CT molecular complexity index is 2460. The second kappa shape index (κ2) is 41.7. The average molecular weight is 1180 g/mol. The van der Waals surface area contributed by atoms with Crippen molar-refractivity contribution >= 4 is 11.9 Å². The van der Waals surface area contributed by atoms with Crippen LogP contribution in [0.25, 0.3) is 0 Å². The van der Waals surface area contributed by atoms with Gasteiger partial charge in [0.05, 0.1) is 11.2 Å². The summed E-state index contributed by atoms with van der Waals surface area (Å²) in [4.78, 5) is 25.7. The van der Waals surface area contributed by atoms with Gasteiger partial charge >= 0.3 is 11.9 Å². The summed E-state index contributed by atoms with van der Waals surface area (Å²) in [6, 6.07) is 0. The van der Waals surface area contributed by atoms with Gasteiger partial charge in [0.2, 0.25) is 0 Å². The van der Waals surface area contributed by atoms with Crippen molar-refractivity contribution in [2.24, 2.45) is 10.8 Å². The highest BCUT2D eigenvalue weighted by molar-refractivity contribution is 5.70. The highest BCUT2D eigenvalue weighted by Crippen LogP contribution is 2.52. The van der Waals surface area contributed by atoms with Gasteiger partial charge in [-0.1, -0.05) is 260 Å². The first-order valence-corrected chi connectivity index (χ1v) is 32.8. The van der Waals surface area contributed by atoms with E-state index in [9.17, 15) is 30.0 Å². The highest BCUT2D eigenvalue weighted by Gasteiger charge is 2.60. The topological polar surface area (TPSA) is 134 Å². The van der Waals surface area contributed by atoms with Gasteiger partial charge in [-0.05, 0) is 144 Å². The van der Waals surface area contributed by atoms with E-state index in [0.717, 1.165) is 86.5 Å². The van der Waals surface area contributed by atoms with E-state index >= 15 is 0 Å². The Morgan fingerprint density at radius 3 is 1.14 bits per heavy atom. The number of hydrogen-bond donors (Lipinski definition) is 4. The van der Waals surface area contributed by atoms with Crippen LogP contribution in [-0.4, -0.2) is 67.0 Å². The smallest absolute Gasteiger partial charge is 0.306 e. The minimum atomic E-state index is -1.56. The molecule has 0 amide bonds. The summed E-state index contributed by atoms with van der Waals surface area (Å²) in [5.74, 6) is -0.535. The Balaban J connectivity index is 1.80. The van der Waals surface area contributed by atoms with E-state index in [1.165, 1.54) is 44.9 Å². The summed E-state index contributed by atoms with van der Waals surface area (Å²) >= 11 is 0. The summed E-state index contributed by atoms with van der Waals surface area (Å²) in [6.45, 7) is 23.3. The van der Waals surface area contributed by atoms with Crippen molar-refractivity contribution in [3.8, 4) is 0 Å². The van der Waals surface area contributed by atoms with E-state index in [2.05, 4.69) is 92.8 Å². The molecule has 0 aromatic carbocycles. The molecule has 2 aliphatic carbocycles. The van der Waals surface area contributed by atoms with Crippen LogP contribution in [-0.2, 0) is 19.1 Å². The normalized spacial score (nSPS) is 25.7. The van der Waals surface area contributed by atoms with Gasteiger partial charge in [-0.25, -0.2) is 0 Å². The number of carbonyl (C=O) groups excluding carboxylic acids is 2. The summed E-state index contributed by atoms with van der Waals surface area (Å²) in [6.07, 6.45) is 77.3. The molecule has 478 valence electrons. The van der Waals surface area contributed by atoms with Crippen molar-refractivity contribution in [2.75, 3.05) is 0 Å². The Morgan fingerprint density at radius 2 is 0.733 bits per heavy atom. The zero-order valence-electron chi connectivity index (χ0n) is 55.7. The van der Waals surface area contributed by atoms with Crippen LogP contribution >= 0.6 is 0 Å². The number of carbonyl (C=O) groups is 2. The first-order chi connectivity index (χ1) is 40.8. The van der Waals surface area contributed by atoms with Crippen molar-refractivity contribution in [3.63, 3.8) is 0 Å². The minimum Gasteiger partial charge on any atom is -0.462 e. The molecular formula is C78H118O8. The molecule has 86 heavy (non-hydrogen) atoms. The van der Waals surface area contributed by atoms with Gasteiger partial charge in [0.25, 0.3) is 0 Å². The number of unbranched alkanes of at least 4 members (excludes halogenated alkanes) is 9. The molecule has 6 atom stereocenters. The molecule has 4 N–H and O–H groups in total. The van der Waals surface area contributed by atoms with E-state index in [1.54, 1.807) is 26.0 Å². The van der Waals surface area contributed by atoms with Crippen LogP contribution in [0, 0.1) is 10.8 Å². The molecule has 2 rings (SSSR count). The van der Waals surface area contributed by atoms with Gasteiger partial charge in [0.15, 0.2) is 0 Å². The van der Waals surface area contributed by atoms with Gasteiger partial charge in [-0.2, -0.15) is 0 Å². The molecule has 0 unspecified atom stereocenters. The number of rotatable bonds is 39. The molecule has 0 heterocycles. The van der Waals surface area contributed by atoms with Gasteiger partial charge < -0.3 is 29.9 Å². The lowest BCUT2D eigenvalue weighted by molar-refractivity contribution is -0.223. The maximum atomic E-state index is 12.9. The van der Waals surface area contributed by atoms with E-state index in [-0.39, 0.29) is 31.2 Å². The van der Waals surface area contributed by atoms with Gasteiger partial charge in [-0.3, -0.25) is 9.59 Å². The lowest BCUT2D eigenvalue weighted by atomic mass is 9.57. The molecule has 2 aliphatic rings. The largest absolute Gasteiger partial charge is 0.462 e. The summed E-state index contributed by atoms with van der Waals surface area (Å²) in [5.41, 5.74) is -3.77. The van der Waals surface area contributed by atoms with Gasteiger partial charge in [-0.15, -0.1) is 0 Å². The number of aliphatic hydroxyl groups is 4. The fourth-order valence-electron chi connectivity index (χ4n) is 11.4. The van der Waals surface area contributed by atoms with Crippen LogP contribution < -0.4 is 0 Å². The van der Waals surface area contributed by atoms with E-state index in [4.69, 9.17) is 9.47 Å². The number of allylic oxidation sites excluding steroid dienone is 30. The highest BCUT2D eigenvalue weighted by atomic mass is 16.5. The maximum absolute atomic E-state index is 12.9. The third-order valence-electron chi connectivity index (χ3n) is 16.7. The molecule has 0 aromatic heterocycles. The predicted octanol–water partition coefficient (Wildman–Crippen LogP) is 19.7. The second-order valence-electron chi connectivity index (χ2n) is 25.9. The summed E-state index contributed by atoms with van der Waals surface area (Å²) in [5, 5.41) is 47.4. The minimum absolute atomic E-state index is 0.127. The predicted molar refractivity (Wildman–Crippen MR) is 365 cm³/mol. The zero-order valence-corrected chi connectivity index (χ0v) is 55.7. The van der Waals surface area contributed by atoms with Crippen molar-refractivity contribution in [2.45, 2.75) is 272 Å². The molecular weight excluding hydrogens is 1060 g/mol. The van der Waals surface area contributed by atoms with E-state index in [1.807, 2.05) is 134 Å². The molecule has 0 spiro atoms. The molecule has 2 fully saturated rings. The molecule has 2 saturated carbocycles.